The number of aromatic amines is 2. The van der Waals surface area contributed by atoms with Gasteiger partial charge in [-0.25, -0.2) is 14.8 Å². The fraction of sp³-hybridized carbons (Fsp3) is 0.262. The number of rotatable bonds is 15. The van der Waals surface area contributed by atoms with Crippen LogP contribution in [0.5, 0.6) is 0 Å². The predicted octanol–water partition coefficient (Wildman–Crippen LogP) is 6.85. The van der Waals surface area contributed by atoms with E-state index in [-0.39, 0.29) is 24.9 Å². The summed E-state index contributed by atoms with van der Waals surface area (Å²) in [6.45, 7) is 5.45. The van der Waals surface area contributed by atoms with Crippen molar-refractivity contribution in [2.75, 3.05) is 26.7 Å². The number of ether oxygens (including phenoxy) is 1. The van der Waals surface area contributed by atoms with Gasteiger partial charge in [-0.15, -0.1) is 0 Å². The van der Waals surface area contributed by atoms with Crippen molar-refractivity contribution in [3.63, 3.8) is 0 Å². The van der Waals surface area contributed by atoms with Gasteiger partial charge in [-0.1, -0.05) is 92.7 Å². The van der Waals surface area contributed by atoms with Crippen molar-refractivity contribution in [3.05, 3.63) is 121 Å². The fourth-order valence-electron chi connectivity index (χ4n) is 6.36. The van der Waals surface area contributed by atoms with Crippen molar-refractivity contribution < 1.29 is 24.2 Å². The molecule has 0 spiro atoms. The number of nitrogens with one attached hydrogen (secondary N) is 3. The van der Waals surface area contributed by atoms with Crippen LogP contribution in [0.1, 0.15) is 50.0 Å². The van der Waals surface area contributed by atoms with Gasteiger partial charge in [-0.05, 0) is 58.0 Å². The summed E-state index contributed by atoms with van der Waals surface area (Å²) in [5, 5.41) is 15.3. The number of H-pyrrole nitrogens is 2. The van der Waals surface area contributed by atoms with E-state index >= 15 is 0 Å². The molecule has 0 radical (unpaired) electrons. The molecule has 4 N–H and O–H groups in total. The zero-order valence-electron chi connectivity index (χ0n) is 30.7. The molecule has 0 fully saturated rings. The third kappa shape index (κ3) is 9.02. The number of aromatic nitrogens is 4. The molecule has 0 saturated heterocycles. The summed E-state index contributed by atoms with van der Waals surface area (Å²) in [7, 11) is 1.26. The first-order valence-electron chi connectivity index (χ1n) is 18.1. The number of hydrogen-bond donors (Lipinski definition) is 4. The van der Waals surface area contributed by atoms with Crippen molar-refractivity contribution in [3.8, 4) is 33.6 Å². The Morgan fingerprint density at radius 1 is 0.722 bits per heavy atom. The van der Waals surface area contributed by atoms with Gasteiger partial charge in [0, 0.05) is 18.7 Å². The molecule has 0 unspecified atom stereocenters. The van der Waals surface area contributed by atoms with Crippen LogP contribution in [0.25, 0.3) is 44.4 Å². The highest BCUT2D eigenvalue weighted by atomic mass is 16.5. The number of alkyl carbamates (subject to hydrolysis) is 1. The van der Waals surface area contributed by atoms with Crippen molar-refractivity contribution in [2.24, 2.45) is 0 Å². The number of methoxy groups -OCH3 is 1. The Bertz CT molecular complexity index is 2200. The Hall–Kier alpha value is -6.27. The molecule has 4 aromatic carbocycles. The second-order valence-electron chi connectivity index (χ2n) is 13.1. The monoisotopic (exact) mass is 727 g/mol. The maximum Gasteiger partial charge on any atom is 0.407 e. The average molecular weight is 728 g/mol. The minimum atomic E-state index is -1.22. The van der Waals surface area contributed by atoms with Gasteiger partial charge in [-0.3, -0.25) is 9.59 Å². The average Bonchev–Trinajstić information content (AvgIpc) is 3.89. The Morgan fingerprint density at radius 3 is 1.89 bits per heavy atom. The van der Waals surface area contributed by atoms with E-state index in [0.717, 1.165) is 57.3 Å². The van der Waals surface area contributed by atoms with Gasteiger partial charge in [0.1, 0.15) is 18.2 Å². The molecule has 0 bridgehead atoms. The molecule has 2 heterocycles. The maximum absolute atomic E-state index is 13.2. The summed E-state index contributed by atoms with van der Waals surface area (Å²) in [5.74, 6) is 0.740. The van der Waals surface area contributed by atoms with Crippen LogP contribution in [0, 0.1) is 0 Å². The summed E-state index contributed by atoms with van der Waals surface area (Å²) >= 11 is 0. The highest BCUT2D eigenvalue weighted by Crippen LogP contribution is 2.30. The third-order valence-electron chi connectivity index (χ3n) is 9.19. The number of amides is 3. The summed E-state index contributed by atoms with van der Waals surface area (Å²) < 4.78 is 4.57. The van der Waals surface area contributed by atoms with Gasteiger partial charge in [0.2, 0.25) is 5.91 Å². The van der Waals surface area contributed by atoms with E-state index in [1.165, 1.54) is 7.11 Å². The van der Waals surface area contributed by atoms with Gasteiger partial charge in [0.25, 0.3) is 5.91 Å². The quantitative estimate of drug-likeness (QED) is 0.0901. The van der Waals surface area contributed by atoms with E-state index in [0.29, 0.717) is 36.8 Å². The fourth-order valence-corrected chi connectivity index (χ4v) is 6.36. The highest BCUT2D eigenvalue weighted by molar-refractivity contribution is 5.90. The number of hydrogen-bond acceptors (Lipinski definition) is 7. The van der Waals surface area contributed by atoms with Crippen LogP contribution < -0.4 is 5.32 Å². The first kappa shape index (κ1) is 37.5. The lowest BCUT2D eigenvalue weighted by Gasteiger charge is -2.24. The van der Waals surface area contributed by atoms with E-state index in [4.69, 9.17) is 0 Å². The number of carbonyl (C=O) groups is 3. The molecule has 0 saturated carbocycles. The first-order chi connectivity index (χ1) is 26.3. The number of imidazole rings is 2. The van der Waals surface area contributed by atoms with Crippen LogP contribution in [-0.4, -0.2) is 79.5 Å². The largest absolute Gasteiger partial charge is 0.453 e. The molecule has 12 heteroatoms. The van der Waals surface area contributed by atoms with Gasteiger partial charge in [0.05, 0.1) is 44.0 Å². The second kappa shape index (κ2) is 17.5. The molecular weight excluding hydrogens is 683 g/mol. The molecule has 6 aromatic rings. The first-order valence-corrected chi connectivity index (χ1v) is 18.1. The van der Waals surface area contributed by atoms with E-state index in [2.05, 4.69) is 90.7 Å². The van der Waals surface area contributed by atoms with Gasteiger partial charge < -0.3 is 34.9 Å². The van der Waals surface area contributed by atoms with Crippen LogP contribution >= 0.6 is 0 Å². The minimum absolute atomic E-state index is 0.145. The number of fused-ring (bicyclic) bond motifs is 1. The van der Waals surface area contributed by atoms with Crippen LogP contribution in [0.3, 0.4) is 0 Å². The number of carbonyl (C=O) groups excluding carboxylic acids is 3. The predicted molar refractivity (Wildman–Crippen MR) is 208 cm³/mol. The van der Waals surface area contributed by atoms with Crippen molar-refractivity contribution in [1.29, 1.82) is 0 Å². The lowest BCUT2D eigenvalue weighted by molar-refractivity contribution is -0.141. The molecular formula is C42H45N7O5. The summed E-state index contributed by atoms with van der Waals surface area (Å²) in [4.78, 5) is 56.4. The molecule has 0 aliphatic rings. The highest BCUT2D eigenvalue weighted by Gasteiger charge is 2.24. The van der Waals surface area contributed by atoms with E-state index in [1.807, 2.05) is 32.0 Å². The maximum atomic E-state index is 13.2. The topological polar surface area (TPSA) is 157 Å². The number of benzene rings is 4. The van der Waals surface area contributed by atoms with Gasteiger partial charge in [-0.2, -0.15) is 0 Å². The number of aliphatic hydroxyl groups is 1. The zero-order chi connectivity index (χ0) is 38.0. The Labute approximate surface area is 314 Å². The lowest BCUT2D eigenvalue weighted by Crippen LogP contribution is -2.40. The number of nitrogens with zero attached hydrogens (tertiary/aromatic N) is 4. The Kier molecular flexibility index (Phi) is 12.1. The molecule has 3 amide bonds. The van der Waals surface area contributed by atoms with E-state index in [1.54, 1.807) is 34.3 Å². The van der Waals surface area contributed by atoms with Crippen molar-refractivity contribution in [2.45, 2.75) is 45.9 Å². The summed E-state index contributed by atoms with van der Waals surface area (Å²) in [5.41, 5.74) is 6.37. The molecule has 12 nitrogen and oxygen atoms in total. The normalized spacial score (nSPS) is 11.6. The smallest absolute Gasteiger partial charge is 0.407 e. The van der Waals surface area contributed by atoms with Crippen LogP contribution in [-0.2, 0) is 27.4 Å². The van der Waals surface area contributed by atoms with Crippen LogP contribution in [0.4, 0.5) is 4.79 Å². The summed E-state index contributed by atoms with van der Waals surface area (Å²) in [6.07, 6.45) is 3.20. The van der Waals surface area contributed by atoms with Gasteiger partial charge in [0.15, 0.2) is 6.10 Å². The Morgan fingerprint density at radius 2 is 1.26 bits per heavy atom. The summed E-state index contributed by atoms with van der Waals surface area (Å²) in [6, 6.07) is 29.9. The SMILES string of the molecule is CCCN(Cc1ncc(-c2ccc3cc(-c4ccc(-c5cnc(CN(CCC)C(=O)[C@H](O)c6ccccc6)[nH]5)cc4)ccc3c2)[nH]1)C(=O)CNC(=O)OC. The van der Waals surface area contributed by atoms with Crippen molar-refractivity contribution >= 4 is 28.7 Å². The van der Waals surface area contributed by atoms with Crippen molar-refractivity contribution in [1.82, 2.24) is 35.1 Å². The molecule has 0 aliphatic heterocycles. The third-order valence-corrected chi connectivity index (χ3v) is 9.19. The molecule has 6 rings (SSSR count). The standard InChI is InChI=1S/C42H45N7O5/c1-4-19-48(39(50)25-45-42(53)54-3)26-37-44-24-36(47-37)34-18-17-32-21-31(15-16-33(32)22-34)28-11-13-29(14-12-28)35-23-43-38(46-35)27-49(20-5-2)41(52)40(51)30-9-7-6-8-10-30/h6-18,21-24,40,51H,4-5,19-20,25-27H2,1-3H3,(H,43,46)(H,44,47)(H,45,53)/t40-/m1/s1. The molecule has 54 heavy (non-hydrogen) atoms. The van der Waals surface area contributed by atoms with Gasteiger partial charge >= 0.3 is 6.09 Å². The van der Waals surface area contributed by atoms with Crippen LogP contribution in [0.15, 0.2) is 103 Å². The minimum Gasteiger partial charge on any atom is -0.453 e. The zero-order valence-corrected chi connectivity index (χ0v) is 30.7. The molecule has 1 atom stereocenters. The lowest BCUT2D eigenvalue weighted by atomic mass is 9.98. The van der Waals surface area contributed by atoms with E-state index in [9.17, 15) is 19.5 Å². The van der Waals surface area contributed by atoms with E-state index < -0.39 is 12.2 Å². The number of aliphatic hydroxyl groups excluding tert-OH is 1. The second-order valence-corrected chi connectivity index (χ2v) is 13.1. The van der Waals surface area contributed by atoms with Crippen LogP contribution in [0.2, 0.25) is 0 Å². The molecule has 0 aliphatic carbocycles. The molecule has 2 aromatic heterocycles. The molecule has 278 valence electrons. The Balaban J connectivity index is 1.10.